The number of hydrogen-bond donors (Lipinski definition) is 0. The molecule has 1 amide bonds. The second-order valence-corrected chi connectivity index (χ2v) is 6.02. The summed E-state index contributed by atoms with van der Waals surface area (Å²) >= 11 is 3.38. The molecule has 0 heterocycles. The largest absolute Gasteiger partial charge is 0.496 e. The third-order valence-electron chi connectivity index (χ3n) is 3.47. The SMILES string of the molecule is COc1ccccc1CC(=O)N(C)CCOc1ccc(Br)cc1. The standard InChI is InChI=1S/C18H20BrNO3/c1-20(11-12-23-16-9-7-15(19)8-10-16)18(21)13-14-5-3-4-6-17(14)22-2/h3-10H,11-13H2,1-2H3. The lowest BCUT2D eigenvalue weighted by Crippen LogP contribution is -2.32. The highest BCUT2D eigenvalue weighted by atomic mass is 79.9. The van der Waals surface area contributed by atoms with E-state index in [0.717, 1.165) is 21.5 Å². The second-order valence-electron chi connectivity index (χ2n) is 5.11. The summed E-state index contributed by atoms with van der Waals surface area (Å²) in [6.07, 6.45) is 0.318. The molecule has 0 fully saturated rings. The van der Waals surface area contributed by atoms with Gasteiger partial charge in [-0.05, 0) is 30.3 Å². The maximum atomic E-state index is 12.3. The van der Waals surface area contributed by atoms with Crippen molar-refractivity contribution in [3.8, 4) is 11.5 Å². The Balaban J connectivity index is 1.81. The topological polar surface area (TPSA) is 38.8 Å². The van der Waals surface area contributed by atoms with Gasteiger partial charge < -0.3 is 14.4 Å². The van der Waals surface area contributed by atoms with Gasteiger partial charge in [-0.15, -0.1) is 0 Å². The molecule has 0 aliphatic carbocycles. The number of hydrogen-bond acceptors (Lipinski definition) is 3. The van der Waals surface area contributed by atoms with Gasteiger partial charge in [-0.2, -0.15) is 0 Å². The number of halogens is 1. The van der Waals surface area contributed by atoms with E-state index in [-0.39, 0.29) is 5.91 Å². The van der Waals surface area contributed by atoms with Crippen LogP contribution in [-0.2, 0) is 11.2 Å². The molecule has 0 radical (unpaired) electrons. The molecule has 0 spiro atoms. The Morgan fingerprint density at radius 2 is 1.83 bits per heavy atom. The average molecular weight is 378 g/mol. The molecule has 0 atom stereocenters. The molecule has 0 saturated heterocycles. The summed E-state index contributed by atoms with van der Waals surface area (Å²) in [6, 6.07) is 15.2. The lowest BCUT2D eigenvalue weighted by atomic mass is 10.1. The van der Waals surface area contributed by atoms with E-state index < -0.39 is 0 Å². The molecular formula is C18H20BrNO3. The third-order valence-corrected chi connectivity index (χ3v) is 4.00. The van der Waals surface area contributed by atoms with Crippen molar-refractivity contribution < 1.29 is 14.3 Å². The molecule has 0 aliphatic heterocycles. The summed E-state index contributed by atoms with van der Waals surface area (Å²) in [4.78, 5) is 13.9. The van der Waals surface area contributed by atoms with Crippen LogP contribution in [-0.4, -0.2) is 38.1 Å². The number of likely N-dealkylation sites (N-methyl/N-ethyl adjacent to an activating group) is 1. The van der Waals surface area contributed by atoms with Gasteiger partial charge in [0, 0.05) is 17.1 Å². The minimum absolute atomic E-state index is 0.0360. The van der Waals surface area contributed by atoms with Gasteiger partial charge in [0.25, 0.3) is 0 Å². The summed E-state index contributed by atoms with van der Waals surface area (Å²) < 4.78 is 11.9. The van der Waals surface area contributed by atoms with Gasteiger partial charge in [-0.1, -0.05) is 34.1 Å². The molecule has 0 unspecified atom stereocenters. The van der Waals surface area contributed by atoms with Crippen LogP contribution in [0.1, 0.15) is 5.56 Å². The van der Waals surface area contributed by atoms with Crippen LogP contribution in [0.5, 0.6) is 11.5 Å². The first-order valence-electron chi connectivity index (χ1n) is 7.34. The van der Waals surface area contributed by atoms with E-state index in [4.69, 9.17) is 9.47 Å². The minimum Gasteiger partial charge on any atom is -0.496 e. The molecule has 0 saturated carbocycles. The highest BCUT2D eigenvalue weighted by Gasteiger charge is 2.12. The van der Waals surface area contributed by atoms with E-state index >= 15 is 0 Å². The van der Waals surface area contributed by atoms with Crippen LogP contribution >= 0.6 is 15.9 Å². The fraction of sp³-hybridized carbons (Fsp3) is 0.278. The fourth-order valence-corrected chi connectivity index (χ4v) is 2.37. The van der Waals surface area contributed by atoms with Crippen molar-refractivity contribution in [3.05, 3.63) is 58.6 Å². The number of carbonyl (C=O) groups excluding carboxylic acids is 1. The molecule has 5 heteroatoms. The van der Waals surface area contributed by atoms with Gasteiger partial charge >= 0.3 is 0 Å². The molecule has 0 aromatic heterocycles. The van der Waals surface area contributed by atoms with Crippen LogP contribution in [0, 0.1) is 0 Å². The number of benzene rings is 2. The number of rotatable bonds is 7. The molecule has 23 heavy (non-hydrogen) atoms. The number of methoxy groups -OCH3 is 1. The molecule has 0 N–H and O–H groups in total. The van der Waals surface area contributed by atoms with E-state index in [1.54, 1.807) is 19.1 Å². The lowest BCUT2D eigenvalue weighted by molar-refractivity contribution is -0.129. The summed E-state index contributed by atoms with van der Waals surface area (Å²) in [5.74, 6) is 1.56. The molecule has 0 aliphatic rings. The predicted molar refractivity (Wildman–Crippen MR) is 94.0 cm³/mol. The van der Waals surface area contributed by atoms with Gasteiger partial charge in [0.15, 0.2) is 0 Å². The van der Waals surface area contributed by atoms with Gasteiger partial charge in [-0.3, -0.25) is 4.79 Å². The van der Waals surface area contributed by atoms with Gasteiger partial charge in [-0.25, -0.2) is 0 Å². The van der Waals surface area contributed by atoms with Crippen molar-refractivity contribution in [2.24, 2.45) is 0 Å². The van der Waals surface area contributed by atoms with E-state index in [2.05, 4.69) is 15.9 Å². The van der Waals surface area contributed by atoms with Crippen LogP contribution in [0.15, 0.2) is 53.0 Å². The van der Waals surface area contributed by atoms with Crippen molar-refractivity contribution in [2.75, 3.05) is 27.3 Å². The van der Waals surface area contributed by atoms with Crippen LogP contribution in [0.3, 0.4) is 0 Å². The zero-order chi connectivity index (χ0) is 16.7. The highest BCUT2D eigenvalue weighted by Crippen LogP contribution is 2.18. The van der Waals surface area contributed by atoms with Crippen LogP contribution in [0.2, 0.25) is 0 Å². The van der Waals surface area contributed by atoms with Crippen molar-refractivity contribution in [1.82, 2.24) is 4.90 Å². The average Bonchev–Trinajstić information content (AvgIpc) is 2.57. The van der Waals surface area contributed by atoms with E-state index in [9.17, 15) is 4.79 Å². The summed E-state index contributed by atoms with van der Waals surface area (Å²) in [7, 11) is 3.39. The van der Waals surface area contributed by atoms with Crippen molar-refractivity contribution in [3.63, 3.8) is 0 Å². The molecule has 122 valence electrons. The maximum absolute atomic E-state index is 12.3. The van der Waals surface area contributed by atoms with Crippen molar-refractivity contribution in [1.29, 1.82) is 0 Å². The monoisotopic (exact) mass is 377 g/mol. The molecule has 2 rings (SSSR count). The maximum Gasteiger partial charge on any atom is 0.226 e. The summed E-state index contributed by atoms with van der Waals surface area (Å²) in [5.41, 5.74) is 0.890. The van der Waals surface area contributed by atoms with Crippen LogP contribution < -0.4 is 9.47 Å². The van der Waals surface area contributed by atoms with Crippen molar-refractivity contribution >= 4 is 21.8 Å². The van der Waals surface area contributed by atoms with E-state index in [1.807, 2.05) is 48.5 Å². The molecule has 4 nitrogen and oxygen atoms in total. The first-order valence-corrected chi connectivity index (χ1v) is 8.13. The first-order chi connectivity index (χ1) is 11.1. The van der Waals surface area contributed by atoms with E-state index in [1.165, 1.54) is 0 Å². The molecule has 2 aromatic rings. The van der Waals surface area contributed by atoms with Gasteiger partial charge in [0.2, 0.25) is 5.91 Å². The number of para-hydroxylation sites is 1. The van der Waals surface area contributed by atoms with E-state index in [0.29, 0.717) is 19.6 Å². The fourth-order valence-electron chi connectivity index (χ4n) is 2.10. The van der Waals surface area contributed by atoms with Crippen LogP contribution in [0.4, 0.5) is 0 Å². The smallest absolute Gasteiger partial charge is 0.226 e. The van der Waals surface area contributed by atoms with Crippen LogP contribution in [0.25, 0.3) is 0 Å². The molecule has 0 bridgehead atoms. The third kappa shape index (κ3) is 5.28. The Labute approximate surface area is 145 Å². The Morgan fingerprint density at radius 1 is 1.13 bits per heavy atom. The second kappa shape index (κ2) is 8.58. The summed E-state index contributed by atoms with van der Waals surface area (Å²) in [6.45, 7) is 0.986. The van der Waals surface area contributed by atoms with Gasteiger partial charge in [0.05, 0.1) is 20.1 Å². The molecule has 2 aromatic carbocycles. The Bertz CT molecular complexity index is 643. The number of amides is 1. The Kier molecular flexibility index (Phi) is 6.47. The lowest BCUT2D eigenvalue weighted by Gasteiger charge is -2.18. The normalized spacial score (nSPS) is 10.2. The zero-order valence-electron chi connectivity index (χ0n) is 13.3. The minimum atomic E-state index is 0.0360. The Hall–Kier alpha value is -2.01. The molecular weight excluding hydrogens is 358 g/mol. The highest BCUT2D eigenvalue weighted by molar-refractivity contribution is 9.10. The van der Waals surface area contributed by atoms with Crippen molar-refractivity contribution in [2.45, 2.75) is 6.42 Å². The first kappa shape index (κ1) is 17.3. The number of nitrogens with zero attached hydrogens (tertiary/aromatic N) is 1. The number of carbonyl (C=O) groups is 1. The zero-order valence-corrected chi connectivity index (χ0v) is 14.9. The number of ether oxygens (including phenoxy) is 2. The summed E-state index contributed by atoms with van der Waals surface area (Å²) in [5, 5.41) is 0. The Morgan fingerprint density at radius 3 is 2.52 bits per heavy atom. The van der Waals surface area contributed by atoms with Gasteiger partial charge in [0.1, 0.15) is 18.1 Å². The predicted octanol–water partition coefficient (Wildman–Crippen LogP) is 3.54. The quantitative estimate of drug-likeness (QED) is 0.740.